The smallest absolute Gasteiger partial charge is 0.307 e. The van der Waals surface area contributed by atoms with E-state index in [4.69, 9.17) is 5.11 Å². The quantitative estimate of drug-likeness (QED) is 0.869. The summed E-state index contributed by atoms with van der Waals surface area (Å²) in [6, 6.07) is -0.179. The molecular formula is C14H21N3O3. The fourth-order valence-corrected chi connectivity index (χ4v) is 2.91. The molecule has 0 bridgehead atoms. The molecule has 0 aliphatic heterocycles. The summed E-state index contributed by atoms with van der Waals surface area (Å²) in [6.07, 6.45) is 1.73. The number of nitrogens with one attached hydrogen (secondary N) is 1. The maximum atomic E-state index is 12.2. The van der Waals surface area contributed by atoms with Crippen LogP contribution in [0.2, 0.25) is 0 Å². The minimum Gasteiger partial charge on any atom is -0.481 e. The summed E-state index contributed by atoms with van der Waals surface area (Å²) in [5.41, 5.74) is 1.47. The molecule has 1 heterocycles. The predicted octanol–water partition coefficient (Wildman–Crippen LogP) is 1.26. The van der Waals surface area contributed by atoms with Crippen molar-refractivity contribution in [3.8, 4) is 0 Å². The van der Waals surface area contributed by atoms with E-state index in [1.54, 1.807) is 10.9 Å². The molecule has 1 saturated carbocycles. The Morgan fingerprint density at radius 1 is 1.45 bits per heavy atom. The first-order valence-corrected chi connectivity index (χ1v) is 6.69. The minimum absolute atomic E-state index is 0.179. The lowest BCUT2D eigenvalue weighted by Gasteiger charge is -2.14. The van der Waals surface area contributed by atoms with Gasteiger partial charge in [-0.1, -0.05) is 13.8 Å². The summed E-state index contributed by atoms with van der Waals surface area (Å²) >= 11 is 0. The zero-order chi connectivity index (χ0) is 15.2. The number of carboxylic acid groups (broad SMARTS) is 1. The highest BCUT2D eigenvalue weighted by Crippen LogP contribution is 2.58. The fraction of sp³-hybridized carbons (Fsp3) is 0.643. The maximum Gasteiger partial charge on any atom is 0.307 e. The average molecular weight is 279 g/mol. The summed E-state index contributed by atoms with van der Waals surface area (Å²) in [5.74, 6) is -2.15. The highest BCUT2D eigenvalue weighted by molar-refractivity contribution is 5.91. The van der Waals surface area contributed by atoms with Gasteiger partial charge in [0.05, 0.1) is 24.1 Å². The van der Waals surface area contributed by atoms with E-state index in [9.17, 15) is 9.59 Å². The Kier molecular flexibility index (Phi) is 3.36. The zero-order valence-electron chi connectivity index (χ0n) is 12.5. The molecule has 1 amide bonds. The summed E-state index contributed by atoms with van der Waals surface area (Å²) in [6.45, 7) is 7.45. The third-order valence-corrected chi connectivity index (χ3v) is 4.47. The van der Waals surface area contributed by atoms with Crippen LogP contribution in [0.1, 0.15) is 38.1 Å². The van der Waals surface area contributed by atoms with Gasteiger partial charge in [-0.25, -0.2) is 0 Å². The van der Waals surface area contributed by atoms with Crippen LogP contribution in [0.15, 0.2) is 6.20 Å². The Hall–Kier alpha value is -1.85. The highest BCUT2D eigenvalue weighted by Gasteiger charge is 2.65. The molecule has 1 aliphatic carbocycles. The van der Waals surface area contributed by atoms with Gasteiger partial charge in [0.15, 0.2) is 0 Å². The Balaban J connectivity index is 2.06. The standard InChI is InChI=1S/C14H21N3O3/c1-7(9-6-15-17(5)8(9)2)16-12(18)10-11(13(19)20)14(10,3)4/h6-7,10-11H,1-5H3,(H,16,18)(H,19,20)/t7?,10-,11+/m1/s1. The SMILES string of the molecule is Cc1c(C(C)NC(=O)[C@H]2[C@@H](C(=O)O)C2(C)C)cnn1C. The molecular weight excluding hydrogens is 258 g/mol. The number of hydrogen-bond donors (Lipinski definition) is 2. The maximum absolute atomic E-state index is 12.2. The van der Waals surface area contributed by atoms with Crippen molar-refractivity contribution < 1.29 is 14.7 Å². The molecule has 1 unspecified atom stereocenters. The van der Waals surface area contributed by atoms with Crippen LogP contribution in [-0.4, -0.2) is 26.8 Å². The van der Waals surface area contributed by atoms with E-state index in [1.807, 2.05) is 34.7 Å². The van der Waals surface area contributed by atoms with Crippen molar-refractivity contribution in [3.05, 3.63) is 17.5 Å². The van der Waals surface area contributed by atoms with Gasteiger partial charge in [-0.3, -0.25) is 14.3 Å². The lowest BCUT2D eigenvalue weighted by molar-refractivity contribution is -0.140. The van der Waals surface area contributed by atoms with Crippen molar-refractivity contribution >= 4 is 11.9 Å². The molecule has 1 fully saturated rings. The molecule has 6 nitrogen and oxygen atoms in total. The van der Waals surface area contributed by atoms with Crippen molar-refractivity contribution in [2.75, 3.05) is 0 Å². The van der Waals surface area contributed by atoms with Gasteiger partial charge in [-0.15, -0.1) is 0 Å². The first-order chi connectivity index (χ1) is 9.17. The van der Waals surface area contributed by atoms with E-state index < -0.39 is 23.2 Å². The molecule has 20 heavy (non-hydrogen) atoms. The number of aliphatic carboxylic acids is 1. The average Bonchev–Trinajstić information content (AvgIpc) is 2.77. The molecule has 1 aromatic rings. The van der Waals surface area contributed by atoms with Gasteiger partial charge >= 0.3 is 5.97 Å². The molecule has 3 atom stereocenters. The molecule has 1 aliphatic rings. The number of aryl methyl sites for hydroxylation is 1. The summed E-state index contributed by atoms with van der Waals surface area (Å²) in [7, 11) is 1.85. The van der Waals surface area contributed by atoms with E-state index >= 15 is 0 Å². The van der Waals surface area contributed by atoms with Gasteiger partial charge in [0.25, 0.3) is 0 Å². The van der Waals surface area contributed by atoms with Crippen LogP contribution in [0.5, 0.6) is 0 Å². The molecule has 0 aromatic carbocycles. The Morgan fingerprint density at radius 3 is 2.45 bits per heavy atom. The van der Waals surface area contributed by atoms with E-state index in [0.717, 1.165) is 11.3 Å². The van der Waals surface area contributed by atoms with E-state index in [2.05, 4.69) is 10.4 Å². The summed E-state index contributed by atoms with van der Waals surface area (Å²) < 4.78 is 1.75. The van der Waals surface area contributed by atoms with Crippen LogP contribution in [0.4, 0.5) is 0 Å². The third-order valence-electron chi connectivity index (χ3n) is 4.47. The van der Waals surface area contributed by atoms with Crippen LogP contribution in [0.25, 0.3) is 0 Å². The Bertz CT molecular complexity index is 562. The zero-order valence-corrected chi connectivity index (χ0v) is 12.5. The number of carbonyl (C=O) groups is 2. The normalized spacial score (nSPS) is 25.1. The molecule has 110 valence electrons. The fourth-order valence-electron chi connectivity index (χ4n) is 2.91. The van der Waals surface area contributed by atoms with Crippen LogP contribution in [0, 0.1) is 24.2 Å². The van der Waals surface area contributed by atoms with E-state index in [0.29, 0.717) is 0 Å². The van der Waals surface area contributed by atoms with Crippen molar-refractivity contribution in [2.24, 2.45) is 24.3 Å². The monoisotopic (exact) mass is 279 g/mol. The molecule has 6 heteroatoms. The topological polar surface area (TPSA) is 84.2 Å². The van der Waals surface area contributed by atoms with Gasteiger partial charge in [0.1, 0.15) is 0 Å². The lowest BCUT2D eigenvalue weighted by Crippen LogP contribution is -2.30. The van der Waals surface area contributed by atoms with Gasteiger partial charge in [0, 0.05) is 18.3 Å². The summed E-state index contributed by atoms with van der Waals surface area (Å²) in [5, 5.41) is 16.2. The second-order valence-corrected chi connectivity index (χ2v) is 6.15. The molecule has 1 aromatic heterocycles. The molecule has 0 radical (unpaired) electrons. The lowest BCUT2D eigenvalue weighted by atomic mass is 10.1. The number of nitrogens with zero attached hydrogens (tertiary/aromatic N) is 2. The first-order valence-electron chi connectivity index (χ1n) is 6.69. The van der Waals surface area contributed by atoms with Crippen LogP contribution in [-0.2, 0) is 16.6 Å². The minimum atomic E-state index is -0.902. The van der Waals surface area contributed by atoms with Gasteiger partial charge in [-0.05, 0) is 19.3 Å². The molecule has 0 spiro atoms. The predicted molar refractivity (Wildman–Crippen MR) is 72.9 cm³/mol. The van der Waals surface area contributed by atoms with Crippen LogP contribution in [0.3, 0.4) is 0 Å². The van der Waals surface area contributed by atoms with Crippen LogP contribution < -0.4 is 5.32 Å². The molecule has 2 N–H and O–H groups in total. The second kappa shape index (κ2) is 4.61. The number of carboxylic acids is 1. The second-order valence-electron chi connectivity index (χ2n) is 6.15. The van der Waals surface area contributed by atoms with Gasteiger partial charge < -0.3 is 10.4 Å². The Morgan fingerprint density at radius 2 is 2.05 bits per heavy atom. The van der Waals surface area contributed by atoms with Crippen molar-refractivity contribution in [1.82, 2.24) is 15.1 Å². The number of carbonyl (C=O) groups excluding carboxylic acids is 1. The number of aromatic nitrogens is 2. The molecule has 0 saturated heterocycles. The number of rotatable bonds is 4. The van der Waals surface area contributed by atoms with Crippen molar-refractivity contribution in [2.45, 2.75) is 33.7 Å². The highest BCUT2D eigenvalue weighted by atomic mass is 16.4. The third kappa shape index (κ3) is 2.19. The van der Waals surface area contributed by atoms with Crippen molar-refractivity contribution in [3.63, 3.8) is 0 Å². The van der Waals surface area contributed by atoms with Crippen LogP contribution >= 0.6 is 0 Å². The summed E-state index contributed by atoms with van der Waals surface area (Å²) in [4.78, 5) is 23.3. The van der Waals surface area contributed by atoms with Gasteiger partial charge in [-0.2, -0.15) is 5.10 Å². The van der Waals surface area contributed by atoms with E-state index in [-0.39, 0.29) is 11.9 Å². The van der Waals surface area contributed by atoms with E-state index in [1.165, 1.54) is 0 Å². The number of hydrogen-bond acceptors (Lipinski definition) is 3. The largest absolute Gasteiger partial charge is 0.481 e. The Labute approximate surface area is 118 Å². The molecule has 2 rings (SSSR count). The first kappa shape index (κ1) is 14.6. The van der Waals surface area contributed by atoms with Crippen molar-refractivity contribution in [1.29, 1.82) is 0 Å². The van der Waals surface area contributed by atoms with Gasteiger partial charge in [0.2, 0.25) is 5.91 Å². The number of amides is 1.